The molecule has 10 heteroatoms. The van der Waals surface area contributed by atoms with Crippen LogP contribution in [-0.4, -0.2) is 65.3 Å². The Kier molecular flexibility index (Phi) is 6.79. The van der Waals surface area contributed by atoms with Crippen molar-refractivity contribution in [2.75, 3.05) is 29.1 Å². The highest BCUT2D eigenvalue weighted by molar-refractivity contribution is 8.01. The Morgan fingerprint density at radius 1 is 1.27 bits per heavy atom. The zero-order valence-electron chi connectivity index (χ0n) is 15.0. The van der Waals surface area contributed by atoms with Gasteiger partial charge in [0.25, 0.3) is 0 Å². The molecule has 1 saturated carbocycles. The Labute approximate surface area is 163 Å². The minimum Gasteiger partial charge on any atom is -0.357 e. The van der Waals surface area contributed by atoms with Crippen LogP contribution in [0.3, 0.4) is 0 Å². The van der Waals surface area contributed by atoms with E-state index in [4.69, 9.17) is 0 Å². The Hall–Kier alpha value is -0.870. The quantitative estimate of drug-likeness (QED) is 0.680. The van der Waals surface area contributed by atoms with Gasteiger partial charge in [0, 0.05) is 18.6 Å². The van der Waals surface area contributed by atoms with Crippen molar-refractivity contribution in [2.45, 2.75) is 61.9 Å². The molecule has 0 unspecified atom stereocenters. The molecule has 1 N–H and O–H groups in total. The van der Waals surface area contributed by atoms with Crippen molar-refractivity contribution in [1.82, 2.24) is 15.1 Å². The number of anilines is 1. The summed E-state index contributed by atoms with van der Waals surface area (Å²) in [6, 6.07) is 0.298. The van der Waals surface area contributed by atoms with Crippen molar-refractivity contribution < 1.29 is 13.2 Å². The lowest BCUT2D eigenvalue weighted by Crippen LogP contribution is -2.41. The monoisotopic (exact) mass is 418 g/mol. The normalized spacial score (nSPS) is 23.0. The summed E-state index contributed by atoms with van der Waals surface area (Å²) in [6.45, 7) is 2.43. The minimum atomic E-state index is -2.99. The van der Waals surface area contributed by atoms with E-state index in [9.17, 15) is 13.2 Å². The first-order valence-electron chi connectivity index (χ1n) is 9.19. The van der Waals surface area contributed by atoms with E-state index in [1.165, 1.54) is 55.2 Å². The molecule has 1 atom stereocenters. The third kappa shape index (κ3) is 5.32. The molecular weight excluding hydrogens is 392 g/mol. The van der Waals surface area contributed by atoms with Crippen LogP contribution < -0.4 is 5.32 Å². The minimum absolute atomic E-state index is 0.0309. The fraction of sp³-hybridized carbons (Fsp3) is 0.812. The fourth-order valence-electron chi connectivity index (χ4n) is 3.61. The molecule has 2 fully saturated rings. The lowest BCUT2D eigenvalue weighted by atomic mass is 9.96. The van der Waals surface area contributed by atoms with Crippen LogP contribution in [0.2, 0.25) is 0 Å². The number of carbonyl (C=O) groups excluding carboxylic acids is 1. The molecule has 0 aromatic carbocycles. The predicted octanol–water partition coefficient (Wildman–Crippen LogP) is 2.41. The van der Waals surface area contributed by atoms with E-state index in [2.05, 4.69) is 15.5 Å². The lowest BCUT2D eigenvalue weighted by molar-refractivity contribution is -0.129. The highest BCUT2D eigenvalue weighted by Crippen LogP contribution is 2.29. The summed E-state index contributed by atoms with van der Waals surface area (Å²) in [7, 11) is -2.99. The van der Waals surface area contributed by atoms with E-state index in [1.807, 2.05) is 6.92 Å². The molecule has 146 valence electrons. The molecule has 1 aliphatic heterocycles. The number of rotatable bonds is 7. The second kappa shape index (κ2) is 8.88. The SMILES string of the molecule is CCN(C(=O)CSc1nnc(NC2CCCCC2)s1)[C@@H]1CCS(=O)(=O)C1. The summed E-state index contributed by atoms with van der Waals surface area (Å²) in [5.41, 5.74) is 0. The Bertz CT molecular complexity index is 716. The van der Waals surface area contributed by atoms with E-state index >= 15 is 0 Å². The molecular formula is C16H26N4O3S3. The summed E-state index contributed by atoms with van der Waals surface area (Å²) < 4.78 is 24.1. The molecule has 0 radical (unpaired) electrons. The molecule has 2 aliphatic rings. The molecule has 1 aromatic heterocycles. The summed E-state index contributed by atoms with van der Waals surface area (Å²) in [4.78, 5) is 14.2. The number of sulfone groups is 1. The van der Waals surface area contributed by atoms with Gasteiger partial charge in [-0.3, -0.25) is 4.79 Å². The van der Waals surface area contributed by atoms with Gasteiger partial charge in [-0.1, -0.05) is 42.4 Å². The molecule has 1 saturated heterocycles. The van der Waals surface area contributed by atoms with Crippen LogP contribution in [0.15, 0.2) is 4.34 Å². The smallest absolute Gasteiger partial charge is 0.233 e. The van der Waals surface area contributed by atoms with E-state index in [1.54, 1.807) is 4.90 Å². The maximum absolute atomic E-state index is 12.5. The summed E-state index contributed by atoms with van der Waals surface area (Å²) in [5, 5.41) is 12.6. The number of nitrogens with zero attached hydrogens (tertiary/aromatic N) is 3. The van der Waals surface area contributed by atoms with Crippen LogP contribution in [0.25, 0.3) is 0 Å². The van der Waals surface area contributed by atoms with Crippen molar-refractivity contribution in [1.29, 1.82) is 0 Å². The van der Waals surface area contributed by atoms with Crippen LogP contribution in [0.1, 0.15) is 45.4 Å². The van der Waals surface area contributed by atoms with Gasteiger partial charge in [0.15, 0.2) is 14.2 Å². The Morgan fingerprint density at radius 3 is 2.69 bits per heavy atom. The van der Waals surface area contributed by atoms with Gasteiger partial charge in [0.2, 0.25) is 11.0 Å². The predicted molar refractivity (Wildman–Crippen MR) is 106 cm³/mol. The van der Waals surface area contributed by atoms with Gasteiger partial charge in [-0.15, -0.1) is 10.2 Å². The van der Waals surface area contributed by atoms with Gasteiger partial charge in [0.05, 0.1) is 17.3 Å². The van der Waals surface area contributed by atoms with Crippen molar-refractivity contribution in [3.63, 3.8) is 0 Å². The first-order chi connectivity index (χ1) is 12.5. The maximum Gasteiger partial charge on any atom is 0.233 e. The topological polar surface area (TPSA) is 92.3 Å². The molecule has 3 rings (SSSR count). The number of hydrogen-bond donors (Lipinski definition) is 1. The zero-order valence-corrected chi connectivity index (χ0v) is 17.5. The Morgan fingerprint density at radius 2 is 2.04 bits per heavy atom. The van der Waals surface area contributed by atoms with Crippen LogP contribution in [-0.2, 0) is 14.6 Å². The van der Waals surface area contributed by atoms with E-state index < -0.39 is 9.84 Å². The Balaban J connectivity index is 1.49. The number of hydrogen-bond acceptors (Lipinski definition) is 8. The van der Waals surface area contributed by atoms with E-state index in [0.717, 1.165) is 9.47 Å². The molecule has 1 amide bonds. The first-order valence-corrected chi connectivity index (χ1v) is 12.8. The van der Waals surface area contributed by atoms with Gasteiger partial charge in [-0.25, -0.2) is 8.42 Å². The summed E-state index contributed by atoms with van der Waals surface area (Å²) in [5.74, 6) is 0.506. The third-order valence-electron chi connectivity index (χ3n) is 4.97. The van der Waals surface area contributed by atoms with Crippen LogP contribution in [0.4, 0.5) is 5.13 Å². The number of thioether (sulfide) groups is 1. The van der Waals surface area contributed by atoms with Crippen molar-refractivity contribution in [3.05, 3.63) is 0 Å². The standard InChI is InChI=1S/C16H26N4O3S3/c1-2-20(13-8-9-26(22,23)11-13)14(21)10-24-16-19-18-15(25-16)17-12-6-4-3-5-7-12/h12-13H,2-11H2,1H3,(H,17,18)/t13-/m1/s1. The highest BCUT2D eigenvalue weighted by atomic mass is 32.2. The average Bonchev–Trinajstić information content (AvgIpc) is 3.21. The van der Waals surface area contributed by atoms with Crippen molar-refractivity contribution in [3.8, 4) is 0 Å². The van der Waals surface area contributed by atoms with Gasteiger partial charge < -0.3 is 10.2 Å². The molecule has 1 aromatic rings. The zero-order chi connectivity index (χ0) is 18.6. The molecule has 0 bridgehead atoms. The largest absolute Gasteiger partial charge is 0.357 e. The average molecular weight is 419 g/mol. The maximum atomic E-state index is 12.5. The number of nitrogens with one attached hydrogen (secondary N) is 1. The number of amides is 1. The molecule has 2 heterocycles. The van der Waals surface area contributed by atoms with Crippen LogP contribution in [0, 0.1) is 0 Å². The first kappa shape index (κ1) is 19.9. The van der Waals surface area contributed by atoms with E-state index in [-0.39, 0.29) is 29.2 Å². The van der Waals surface area contributed by atoms with Gasteiger partial charge in [-0.2, -0.15) is 0 Å². The van der Waals surface area contributed by atoms with Gasteiger partial charge >= 0.3 is 0 Å². The number of carbonyl (C=O) groups is 1. The highest BCUT2D eigenvalue weighted by Gasteiger charge is 2.33. The summed E-state index contributed by atoms with van der Waals surface area (Å²) >= 11 is 2.86. The van der Waals surface area contributed by atoms with Crippen molar-refractivity contribution >= 4 is 44.0 Å². The second-order valence-corrected chi connectivity index (χ2v) is 11.3. The molecule has 0 spiro atoms. The lowest BCUT2D eigenvalue weighted by Gasteiger charge is -2.26. The van der Waals surface area contributed by atoms with Crippen LogP contribution >= 0.6 is 23.1 Å². The van der Waals surface area contributed by atoms with Crippen LogP contribution in [0.5, 0.6) is 0 Å². The van der Waals surface area contributed by atoms with Crippen molar-refractivity contribution in [2.24, 2.45) is 0 Å². The summed E-state index contributed by atoms with van der Waals surface area (Å²) in [6.07, 6.45) is 6.73. The second-order valence-electron chi connectivity index (χ2n) is 6.88. The molecule has 7 nitrogen and oxygen atoms in total. The van der Waals surface area contributed by atoms with Gasteiger partial charge in [-0.05, 0) is 26.2 Å². The molecule has 26 heavy (non-hydrogen) atoms. The fourth-order valence-corrected chi connectivity index (χ4v) is 7.06. The number of aromatic nitrogens is 2. The third-order valence-corrected chi connectivity index (χ3v) is 8.69. The molecule has 1 aliphatic carbocycles. The van der Waals surface area contributed by atoms with Gasteiger partial charge in [0.1, 0.15) is 0 Å². The van der Waals surface area contributed by atoms with E-state index in [0.29, 0.717) is 19.0 Å².